The number of benzene rings is 1. The molecule has 0 spiro atoms. The maximum Gasteiger partial charge on any atom is 0.318 e. The molecule has 3 rings (SSSR count). The summed E-state index contributed by atoms with van der Waals surface area (Å²) < 4.78 is 18.2. The lowest BCUT2D eigenvalue weighted by molar-refractivity contribution is 0.186. The normalized spacial score (nSPS) is 18.0. The van der Waals surface area contributed by atoms with Crippen molar-refractivity contribution in [1.29, 1.82) is 0 Å². The zero-order chi connectivity index (χ0) is 14.7. The van der Waals surface area contributed by atoms with E-state index in [2.05, 4.69) is 5.32 Å². The number of hydrogen-bond donors (Lipinski definition) is 1. The van der Waals surface area contributed by atoms with Crippen LogP contribution in [0.4, 0.5) is 9.18 Å². The molecule has 21 heavy (non-hydrogen) atoms. The molecule has 1 aliphatic heterocycles. The fraction of sp³-hybridized carbons (Fsp3) is 0.312. The van der Waals surface area contributed by atoms with Gasteiger partial charge in [0.05, 0.1) is 12.3 Å². The van der Waals surface area contributed by atoms with Gasteiger partial charge in [0.15, 0.2) is 0 Å². The lowest BCUT2D eigenvalue weighted by Gasteiger charge is -2.23. The molecule has 0 radical (unpaired) electrons. The molecule has 1 atom stereocenters. The van der Waals surface area contributed by atoms with Crippen molar-refractivity contribution in [1.82, 2.24) is 10.2 Å². The zero-order valence-electron chi connectivity index (χ0n) is 11.6. The van der Waals surface area contributed by atoms with Crippen LogP contribution in [0.25, 0.3) is 0 Å². The first-order valence-electron chi connectivity index (χ1n) is 7.06. The van der Waals surface area contributed by atoms with Gasteiger partial charge in [0.1, 0.15) is 11.6 Å². The van der Waals surface area contributed by atoms with Gasteiger partial charge in [0, 0.05) is 13.1 Å². The number of carbonyl (C=O) groups excluding carboxylic acids is 1. The number of halogens is 1. The maximum atomic E-state index is 12.8. The number of nitrogens with one attached hydrogen (secondary N) is 1. The lowest BCUT2D eigenvalue weighted by atomic mass is 10.2. The van der Waals surface area contributed by atoms with E-state index in [0.717, 1.165) is 30.7 Å². The van der Waals surface area contributed by atoms with Gasteiger partial charge in [0.2, 0.25) is 0 Å². The number of carbonyl (C=O) groups is 1. The topological polar surface area (TPSA) is 45.5 Å². The van der Waals surface area contributed by atoms with E-state index in [-0.39, 0.29) is 17.9 Å². The minimum absolute atomic E-state index is 0.00761. The van der Waals surface area contributed by atoms with Crippen molar-refractivity contribution in [3.05, 3.63) is 59.8 Å². The monoisotopic (exact) mass is 288 g/mol. The standard InChI is InChI=1S/C16H17FN2O2/c17-13-7-5-12(6-8-13)11-18-16(20)19-9-1-3-14(19)15-4-2-10-21-15/h2,4-8,10,14H,1,3,9,11H2,(H,18,20)/t14-/m0/s1. The average molecular weight is 288 g/mol. The first-order chi connectivity index (χ1) is 10.2. The van der Waals surface area contributed by atoms with Gasteiger partial charge in [-0.05, 0) is 42.7 Å². The minimum Gasteiger partial charge on any atom is -0.467 e. The molecule has 2 heterocycles. The smallest absolute Gasteiger partial charge is 0.318 e. The molecule has 1 fully saturated rings. The number of urea groups is 1. The van der Waals surface area contributed by atoms with Crippen LogP contribution in [-0.2, 0) is 6.54 Å². The van der Waals surface area contributed by atoms with Crippen molar-refractivity contribution >= 4 is 6.03 Å². The maximum absolute atomic E-state index is 12.8. The first kappa shape index (κ1) is 13.7. The molecule has 0 bridgehead atoms. The fourth-order valence-corrected chi connectivity index (χ4v) is 2.67. The van der Waals surface area contributed by atoms with E-state index < -0.39 is 0 Å². The Hall–Kier alpha value is -2.30. The van der Waals surface area contributed by atoms with Gasteiger partial charge >= 0.3 is 6.03 Å². The highest BCUT2D eigenvalue weighted by atomic mass is 19.1. The molecule has 1 aromatic heterocycles. The molecule has 5 heteroatoms. The Morgan fingerprint density at radius 3 is 2.86 bits per heavy atom. The molecule has 1 aromatic carbocycles. The van der Waals surface area contributed by atoms with Crippen molar-refractivity contribution in [3.8, 4) is 0 Å². The highest BCUT2D eigenvalue weighted by Crippen LogP contribution is 2.31. The quantitative estimate of drug-likeness (QED) is 0.940. The van der Waals surface area contributed by atoms with E-state index in [4.69, 9.17) is 4.42 Å². The second kappa shape index (κ2) is 5.99. The molecule has 0 unspecified atom stereocenters. The van der Waals surface area contributed by atoms with Crippen molar-refractivity contribution in [3.63, 3.8) is 0 Å². The highest BCUT2D eigenvalue weighted by Gasteiger charge is 2.31. The van der Waals surface area contributed by atoms with Gasteiger partial charge < -0.3 is 14.6 Å². The van der Waals surface area contributed by atoms with Gasteiger partial charge in [-0.15, -0.1) is 0 Å². The number of rotatable bonds is 3. The number of hydrogen-bond acceptors (Lipinski definition) is 2. The predicted octanol–water partition coefficient (Wildman–Crippen LogP) is 3.47. The van der Waals surface area contributed by atoms with E-state index in [1.165, 1.54) is 12.1 Å². The fourth-order valence-electron chi connectivity index (χ4n) is 2.67. The first-order valence-corrected chi connectivity index (χ1v) is 7.06. The second-order valence-corrected chi connectivity index (χ2v) is 5.15. The summed E-state index contributed by atoms with van der Waals surface area (Å²) in [4.78, 5) is 14.1. The summed E-state index contributed by atoms with van der Waals surface area (Å²) in [6.45, 7) is 1.11. The Kier molecular flexibility index (Phi) is 3.90. The number of furan rings is 1. The summed E-state index contributed by atoms with van der Waals surface area (Å²) in [6.07, 6.45) is 3.51. The summed E-state index contributed by atoms with van der Waals surface area (Å²) in [5.74, 6) is 0.548. The van der Waals surface area contributed by atoms with Crippen LogP contribution in [0, 0.1) is 5.82 Å². The van der Waals surface area contributed by atoms with Crippen LogP contribution < -0.4 is 5.32 Å². The molecule has 2 aromatic rings. The molecule has 0 aliphatic carbocycles. The van der Waals surface area contributed by atoms with Crippen LogP contribution in [0.3, 0.4) is 0 Å². The molecule has 1 N–H and O–H groups in total. The van der Waals surface area contributed by atoms with Crippen LogP contribution in [0.5, 0.6) is 0 Å². The molecular formula is C16H17FN2O2. The molecule has 1 saturated heterocycles. The van der Waals surface area contributed by atoms with Gasteiger partial charge in [-0.1, -0.05) is 12.1 Å². The van der Waals surface area contributed by atoms with Crippen LogP contribution in [0.15, 0.2) is 47.1 Å². The lowest BCUT2D eigenvalue weighted by Crippen LogP contribution is -2.39. The van der Waals surface area contributed by atoms with E-state index in [1.807, 2.05) is 12.1 Å². The van der Waals surface area contributed by atoms with Crippen LogP contribution >= 0.6 is 0 Å². The van der Waals surface area contributed by atoms with Gasteiger partial charge in [-0.2, -0.15) is 0 Å². The Labute approximate surface area is 122 Å². The molecule has 110 valence electrons. The summed E-state index contributed by atoms with van der Waals surface area (Å²) in [6, 6.07) is 9.75. The van der Waals surface area contributed by atoms with Crippen LogP contribution in [0.1, 0.15) is 30.2 Å². The minimum atomic E-state index is -0.275. The van der Waals surface area contributed by atoms with E-state index in [9.17, 15) is 9.18 Å². The molecule has 2 amide bonds. The third kappa shape index (κ3) is 3.07. The van der Waals surface area contributed by atoms with Crippen molar-refractivity contribution in [2.75, 3.05) is 6.54 Å². The van der Waals surface area contributed by atoms with Gasteiger partial charge in [-0.25, -0.2) is 9.18 Å². The molecule has 1 aliphatic rings. The van der Waals surface area contributed by atoms with E-state index in [0.29, 0.717) is 6.54 Å². The average Bonchev–Trinajstić information content (AvgIpc) is 3.16. The van der Waals surface area contributed by atoms with E-state index >= 15 is 0 Å². The SMILES string of the molecule is O=C(NCc1ccc(F)cc1)N1CCC[C@H]1c1ccco1. The molecule has 4 nitrogen and oxygen atoms in total. The Morgan fingerprint density at radius 2 is 2.14 bits per heavy atom. The summed E-state index contributed by atoms with van der Waals surface area (Å²) >= 11 is 0. The third-order valence-corrected chi connectivity index (χ3v) is 3.74. The highest BCUT2D eigenvalue weighted by molar-refractivity contribution is 5.75. The largest absolute Gasteiger partial charge is 0.467 e. The summed E-state index contributed by atoms with van der Waals surface area (Å²) in [5.41, 5.74) is 0.874. The van der Waals surface area contributed by atoms with Crippen LogP contribution in [0.2, 0.25) is 0 Å². The Balaban J connectivity index is 1.61. The summed E-state index contributed by atoms with van der Waals surface area (Å²) in [5, 5.41) is 2.88. The molecular weight excluding hydrogens is 271 g/mol. The second-order valence-electron chi connectivity index (χ2n) is 5.15. The van der Waals surface area contributed by atoms with Gasteiger partial charge in [0.25, 0.3) is 0 Å². The number of amides is 2. The molecule has 0 saturated carbocycles. The predicted molar refractivity (Wildman–Crippen MR) is 76.0 cm³/mol. The Morgan fingerprint density at radius 1 is 1.33 bits per heavy atom. The number of likely N-dealkylation sites (tertiary alicyclic amines) is 1. The van der Waals surface area contributed by atoms with Gasteiger partial charge in [-0.3, -0.25) is 0 Å². The zero-order valence-corrected chi connectivity index (χ0v) is 11.6. The van der Waals surface area contributed by atoms with Crippen LogP contribution in [-0.4, -0.2) is 17.5 Å². The van der Waals surface area contributed by atoms with Crippen molar-refractivity contribution in [2.24, 2.45) is 0 Å². The summed E-state index contributed by atoms with van der Waals surface area (Å²) in [7, 11) is 0. The van der Waals surface area contributed by atoms with Crippen molar-refractivity contribution < 1.29 is 13.6 Å². The van der Waals surface area contributed by atoms with E-state index in [1.54, 1.807) is 23.3 Å². The Bertz CT molecular complexity index is 595. The van der Waals surface area contributed by atoms with Crippen molar-refractivity contribution in [2.45, 2.75) is 25.4 Å². The number of nitrogens with zero attached hydrogens (tertiary/aromatic N) is 1. The third-order valence-electron chi connectivity index (χ3n) is 3.74.